The molecule has 0 radical (unpaired) electrons. The van der Waals surface area contributed by atoms with E-state index in [1.165, 1.54) is 28.6 Å². The number of carbonyl (C=O) groups is 3. The first-order valence-corrected chi connectivity index (χ1v) is 9.37. The third kappa shape index (κ3) is 7.04. The predicted octanol–water partition coefficient (Wildman–Crippen LogP) is 1.26. The van der Waals surface area contributed by atoms with Crippen molar-refractivity contribution in [3.8, 4) is 0 Å². The van der Waals surface area contributed by atoms with Crippen LogP contribution in [0.1, 0.15) is 17.7 Å². The molecule has 8 heteroatoms. The fraction of sp³-hybridized carbons (Fsp3) is 0.533. The van der Waals surface area contributed by atoms with Gasteiger partial charge in [0.25, 0.3) is 5.91 Å². The van der Waals surface area contributed by atoms with Crippen LogP contribution in [0.2, 0.25) is 0 Å². The number of rotatable bonds is 9. The van der Waals surface area contributed by atoms with E-state index in [1.54, 1.807) is 11.3 Å². The second-order valence-corrected chi connectivity index (χ2v) is 7.34. The summed E-state index contributed by atoms with van der Waals surface area (Å²) in [6.07, 6.45) is 2.01. The van der Waals surface area contributed by atoms with Crippen molar-refractivity contribution in [1.29, 1.82) is 0 Å². The van der Waals surface area contributed by atoms with Gasteiger partial charge in [-0.3, -0.25) is 14.4 Å². The van der Waals surface area contributed by atoms with E-state index >= 15 is 0 Å². The molecule has 2 rings (SSSR count). The molecule has 0 aromatic carbocycles. The zero-order chi connectivity index (χ0) is 16.7. The average molecular weight is 356 g/mol. The number of likely N-dealkylation sites (N-methyl/N-ethyl adjacent to an activating group) is 1. The van der Waals surface area contributed by atoms with Gasteiger partial charge in [0.15, 0.2) is 6.61 Å². The Kier molecular flexibility index (Phi) is 6.91. The predicted molar refractivity (Wildman–Crippen MR) is 90.2 cm³/mol. The molecule has 6 nitrogen and oxygen atoms in total. The van der Waals surface area contributed by atoms with E-state index in [0.717, 1.165) is 18.6 Å². The topological polar surface area (TPSA) is 75.7 Å². The highest BCUT2D eigenvalue weighted by Crippen LogP contribution is 2.18. The zero-order valence-electron chi connectivity index (χ0n) is 12.9. The second kappa shape index (κ2) is 8.93. The Morgan fingerprint density at radius 3 is 2.87 bits per heavy atom. The van der Waals surface area contributed by atoms with Crippen LogP contribution in [0.15, 0.2) is 17.5 Å². The summed E-state index contributed by atoms with van der Waals surface area (Å²) in [6, 6.07) is 4.24. The van der Waals surface area contributed by atoms with Crippen LogP contribution in [-0.4, -0.2) is 54.7 Å². The minimum Gasteiger partial charge on any atom is -0.455 e. The minimum absolute atomic E-state index is 0.0139. The third-order valence-corrected chi connectivity index (χ3v) is 5.16. The molecule has 1 heterocycles. The highest BCUT2D eigenvalue weighted by Gasteiger charge is 2.24. The molecule has 2 amide bonds. The van der Waals surface area contributed by atoms with Gasteiger partial charge >= 0.3 is 5.97 Å². The molecular formula is C15H20N2O4S2. The largest absolute Gasteiger partial charge is 0.455 e. The lowest BCUT2D eigenvalue weighted by atomic mass is 10.4. The van der Waals surface area contributed by atoms with Crippen molar-refractivity contribution in [3.63, 3.8) is 0 Å². The Bertz CT molecular complexity index is 544. The monoisotopic (exact) mass is 356 g/mol. The van der Waals surface area contributed by atoms with Crippen LogP contribution in [0.5, 0.6) is 0 Å². The van der Waals surface area contributed by atoms with Gasteiger partial charge < -0.3 is 15.0 Å². The second-order valence-electron chi connectivity index (χ2n) is 5.32. The first-order chi connectivity index (χ1) is 11.0. The van der Waals surface area contributed by atoms with Gasteiger partial charge in [-0.1, -0.05) is 6.07 Å². The van der Waals surface area contributed by atoms with Crippen molar-refractivity contribution in [1.82, 2.24) is 10.2 Å². The maximum Gasteiger partial charge on any atom is 0.316 e. The molecule has 1 N–H and O–H groups in total. The number of nitrogens with one attached hydrogen (secondary N) is 1. The fourth-order valence-electron chi connectivity index (χ4n) is 1.73. The van der Waals surface area contributed by atoms with Crippen LogP contribution in [0, 0.1) is 0 Å². The van der Waals surface area contributed by atoms with Crippen LogP contribution in [0.4, 0.5) is 0 Å². The average Bonchev–Trinajstić information content (AvgIpc) is 3.16. The molecule has 0 unspecified atom stereocenters. The lowest BCUT2D eigenvalue weighted by molar-refractivity contribution is -0.149. The van der Waals surface area contributed by atoms with Crippen molar-refractivity contribution in [2.75, 3.05) is 26.0 Å². The van der Waals surface area contributed by atoms with Crippen molar-refractivity contribution in [2.45, 2.75) is 24.6 Å². The van der Waals surface area contributed by atoms with Gasteiger partial charge in [0.1, 0.15) is 0 Å². The molecule has 0 spiro atoms. The van der Waals surface area contributed by atoms with Crippen LogP contribution < -0.4 is 5.32 Å². The number of ether oxygens (including phenoxy) is 1. The van der Waals surface area contributed by atoms with Crippen LogP contribution in [0.25, 0.3) is 0 Å². The minimum atomic E-state index is -0.421. The zero-order valence-corrected chi connectivity index (χ0v) is 14.6. The molecule has 126 valence electrons. The van der Waals surface area contributed by atoms with Crippen LogP contribution >= 0.6 is 23.1 Å². The van der Waals surface area contributed by atoms with Crippen molar-refractivity contribution in [2.24, 2.45) is 0 Å². The Balaban J connectivity index is 1.56. The Hall–Kier alpha value is -1.54. The summed E-state index contributed by atoms with van der Waals surface area (Å²) in [5, 5.41) is 4.79. The normalized spacial score (nSPS) is 13.4. The third-order valence-electron chi connectivity index (χ3n) is 3.15. The van der Waals surface area contributed by atoms with E-state index in [-0.39, 0.29) is 36.8 Å². The van der Waals surface area contributed by atoms with E-state index in [1.807, 2.05) is 17.5 Å². The molecule has 0 saturated heterocycles. The summed E-state index contributed by atoms with van der Waals surface area (Å²) in [6.45, 7) is -0.342. The highest BCUT2D eigenvalue weighted by atomic mass is 32.2. The lowest BCUT2D eigenvalue weighted by Gasteiger charge is -2.16. The van der Waals surface area contributed by atoms with E-state index in [0.29, 0.717) is 0 Å². The van der Waals surface area contributed by atoms with Gasteiger partial charge in [-0.2, -0.15) is 0 Å². The van der Waals surface area contributed by atoms with Gasteiger partial charge in [-0.05, 0) is 24.3 Å². The number of hydrogen-bond donors (Lipinski definition) is 1. The standard InChI is InChI=1S/C15H20N2O4S2/c1-17(7-13(18)16-11-4-5-11)14(19)8-21-15(20)10-22-9-12-3-2-6-23-12/h2-3,6,11H,4-5,7-10H2,1H3,(H,16,18). The molecule has 23 heavy (non-hydrogen) atoms. The first-order valence-electron chi connectivity index (χ1n) is 7.33. The van der Waals surface area contributed by atoms with E-state index in [2.05, 4.69) is 5.32 Å². The van der Waals surface area contributed by atoms with Crippen molar-refractivity contribution < 1.29 is 19.1 Å². The van der Waals surface area contributed by atoms with Crippen LogP contribution in [0.3, 0.4) is 0 Å². The van der Waals surface area contributed by atoms with Gasteiger partial charge in [0, 0.05) is 23.7 Å². The number of amides is 2. The van der Waals surface area contributed by atoms with Crippen molar-refractivity contribution >= 4 is 40.9 Å². The Labute approximate surface area is 143 Å². The molecule has 1 aromatic rings. The smallest absolute Gasteiger partial charge is 0.316 e. The summed E-state index contributed by atoms with van der Waals surface area (Å²) in [5.41, 5.74) is 0. The van der Waals surface area contributed by atoms with Gasteiger partial charge in [-0.25, -0.2) is 0 Å². The van der Waals surface area contributed by atoms with E-state index in [4.69, 9.17) is 4.74 Å². The number of thioether (sulfide) groups is 1. The summed E-state index contributed by atoms with van der Waals surface area (Å²) in [5.74, 6) is -0.0246. The Morgan fingerprint density at radius 1 is 1.43 bits per heavy atom. The molecule has 0 atom stereocenters. The van der Waals surface area contributed by atoms with E-state index in [9.17, 15) is 14.4 Å². The van der Waals surface area contributed by atoms with Crippen LogP contribution in [-0.2, 0) is 24.9 Å². The molecule has 1 saturated carbocycles. The van der Waals surface area contributed by atoms with Gasteiger partial charge in [0.2, 0.25) is 5.91 Å². The summed E-state index contributed by atoms with van der Waals surface area (Å²) in [4.78, 5) is 37.4. The quantitative estimate of drug-likeness (QED) is 0.674. The number of esters is 1. The molecule has 0 bridgehead atoms. The van der Waals surface area contributed by atoms with Gasteiger partial charge in [-0.15, -0.1) is 23.1 Å². The summed E-state index contributed by atoms with van der Waals surface area (Å²) in [7, 11) is 1.52. The lowest BCUT2D eigenvalue weighted by Crippen LogP contribution is -2.40. The maximum atomic E-state index is 11.8. The SMILES string of the molecule is CN(CC(=O)NC1CC1)C(=O)COC(=O)CSCc1cccs1. The molecule has 1 aromatic heterocycles. The van der Waals surface area contributed by atoms with Gasteiger partial charge in [0.05, 0.1) is 12.3 Å². The molecule has 0 aliphatic heterocycles. The fourth-order valence-corrected chi connectivity index (χ4v) is 3.39. The summed E-state index contributed by atoms with van der Waals surface area (Å²) < 4.78 is 4.94. The maximum absolute atomic E-state index is 11.8. The molecular weight excluding hydrogens is 336 g/mol. The number of hydrogen-bond acceptors (Lipinski definition) is 6. The number of thiophene rings is 1. The van der Waals surface area contributed by atoms with Crippen molar-refractivity contribution in [3.05, 3.63) is 22.4 Å². The number of carbonyl (C=O) groups excluding carboxylic acids is 3. The highest BCUT2D eigenvalue weighted by molar-refractivity contribution is 7.99. The first kappa shape index (κ1) is 17.8. The molecule has 1 fully saturated rings. The Morgan fingerprint density at radius 2 is 2.22 bits per heavy atom. The summed E-state index contributed by atoms with van der Waals surface area (Å²) >= 11 is 3.09. The van der Waals surface area contributed by atoms with E-state index < -0.39 is 5.97 Å². The molecule has 1 aliphatic carbocycles. The number of nitrogens with zero attached hydrogens (tertiary/aromatic N) is 1. The molecule has 1 aliphatic rings.